The summed E-state index contributed by atoms with van der Waals surface area (Å²) >= 11 is 0. The maximum absolute atomic E-state index is 13.4. The van der Waals surface area contributed by atoms with Crippen LogP contribution in [0.15, 0.2) is 36.7 Å². The van der Waals surface area contributed by atoms with Crippen molar-refractivity contribution in [3.05, 3.63) is 42.2 Å². The summed E-state index contributed by atoms with van der Waals surface area (Å²) in [6.45, 7) is 2.05. The fourth-order valence-electron chi connectivity index (χ4n) is 2.67. The molecule has 1 fully saturated rings. The minimum Gasteiger partial charge on any atom is -0.378 e. The molecule has 0 aliphatic carbocycles. The highest BCUT2D eigenvalue weighted by atomic mass is 19.4. The number of carbonyl (C=O) groups excluding carboxylic acids is 1. The molecule has 1 aliphatic heterocycles. The van der Waals surface area contributed by atoms with Crippen LogP contribution >= 0.6 is 0 Å². The number of hydrogen-bond donors (Lipinski definition) is 1. The monoisotopic (exact) mass is 339 g/mol. The Bertz CT molecular complexity index is 729. The summed E-state index contributed by atoms with van der Waals surface area (Å²) in [5.74, 6) is -0.899. The summed E-state index contributed by atoms with van der Waals surface area (Å²) in [6, 6.07) is 5.31. The van der Waals surface area contributed by atoms with Gasteiger partial charge in [-0.15, -0.1) is 0 Å². The van der Waals surface area contributed by atoms with Crippen LogP contribution in [0.3, 0.4) is 0 Å². The van der Waals surface area contributed by atoms with E-state index in [1.165, 1.54) is 23.0 Å². The van der Waals surface area contributed by atoms with Crippen molar-refractivity contribution in [3.8, 4) is 5.69 Å². The quantitative estimate of drug-likeness (QED) is 0.934. The van der Waals surface area contributed by atoms with Crippen LogP contribution in [0.2, 0.25) is 0 Å². The molecule has 0 spiro atoms. The van der Waals surface area contributed by atoms with E-state index < -0.39 is 23.6 Å². The van der Waals surface area contributed by atoms with Crippen LogP contribution in [-0.4, -0.2) is 28.4 Å². The SMILES string of the molecule is C[C@H]1C[C@@H](C(=O)Nc2ccc(-n3cccn3)cc2C(F)(F)F)CO1. The molecule has 0 radical (unpaired) electrons. The number of benzene rings is 1. The summed E-state index contributed by atoms with van der Waals surface area (Å²) in [4.78, 5) is 12.2. The third-order valence-electron chi connectivity index (χ3n) is 3.90. The maximum Gasteiger partial charge on any atom is 0.418 e. The summed E-state index contributed by atoms with van der Waals surface area (Å²) in [5.41, 5.74) is -0.901. The molecule has 1 aliphatic rings. The highest BCUT2D eigenvalue weighted by molar-refractivity contribution is 5.93. The molecule has 1 saturated heterocycles. The zero-order valence-electron chi connectivity index (χ0n) is 12.9. The number of halogens is 3. The van der Waals surface area contributed by atoms with Crippen LogP contribution in [-0.2, 0) is 15.7 Å². The van der Waals surface area contributed by atoms with Gasteiger partial charge in [-0.2, -0.15) is 18.3 Å². The van der Waals surface area contributed by atoms with E-state index in [2.05, 4.69) is 10.4 Å². The number of ether oxygens (including phenoxy) is 1. The number of amides is 1. The lowest BCUT2D eigenvalue weighted by molar-refractivity contribution is -0.137. The Morgan fingerprint density at radius 2 is 2.21 bits per heavy atom. The number of nitrogens with one attached hydrogen (secondary N) is 1. The Labute approximate surface area is 136 Å². The molecular weight excluding hydrogens is 323 g/mol. The molecule has 128 valence electrons. The number of hydrogen-bond acceptors (Lipinski definition) is 3. The Morgan fingerprint density at radius 1 is 1.42 bits per heavy atom. The first-order valence-electron chi connectivity index (χ1n) is 7.48. The van der Waals surface area contributed by atoms with Gasteiger partial charge in [0.2, 0.25) is 5.91 Å². The number of rotatable bonds is 3. The molecule has 1 aromatic heterocycles. The van der Waals surface area contributed by atoms with Gasteiger partial charge in [0.15, 0.2) is 0 Å². The summed E-state index contributed by atoms with van der Waals surface area (Å²) in [5, 5.41) is 6.30. The van der Waals surface area contributed by atoms with E-state index in [0.717, 1.165) is 6.07 Å². The number of carbonyl (C=O) groups is 1. The Hall–Kier alpha value is -2.35. The second-order valence-electron chi connectivity index (χ2n) is 5.74. The predicted molar refractivity (Wildman–Crippen MR) is 80.7 cm³/mol. The van der Waals surface area contributed by atoms with Gasteiger partial charge in [0.1, 0.15) is 0 Å². The van der Waals surface area contributed by atoms with Crippen LogP contribution in [0.5, 0.6) is 0 Å². The van der Waals surface area contributed by atoms with Gasteiger partial charge in [0, 0.05) is 12.4 Å². The highest BCUT2D eigenvalue weighted by Gasteiger charge is 2.36. The Kier molecular flexibility index (Phi) is 4.31. The normalized spacial score (nSPS) is 21.0. The van der Waals surface area contributed by atoms with Gasteiger partial charge in [0.05, 0.1) is 35.6 Å². The fraction of sp³-hybridized carbons (Fsp3) is 0.375. The number of alkyl halides is 3. The molecule has 1 N–H and O–H groups in total. The van der Waals surface area contributed by atoms with Crippen LogP contribution in [0.25, 0.3) is 5.69 Å². The molecule has 0 saturated carbocycles. The van der Waals surface area contributed by atoms with Crippen molar-refractivity contribution in [2.24, 2.45) is 5.92 Å². The van der Waals surface area contributed by atoms with Crippen molar-refractivity contribution >= 4 is 11.6 Å². The first-order chi connectivity index (χ1) is 11.3. The van der Waals surface area contributed by atoms with Gasteiger partial charge in [-0.3, -0.25) is 4.79 Å². The van der Waals surface area contributed by atoms with Crippen LogP contribution in [0, 0.1) is 5.92 Å². The van der Waals surface area contributed by atoms with Crippen LogP contribution < -0.4 is 5.32 Å². The van der Waals surface area contributed by atoms with Crippen LogP contribution in [0.4, 0.5) is 18.9 Å². The third-order valence-corrected chi connectivity index (χ3v) is 3.90. The van der Waals surface area contributed by atoms with E-state index in [9.17, 15) is 18.0 Å². The minimum absolute atomic E-state index is 0.0648. The average molecular weight is 339 g/mol. The standard InChI is InChI=1S/C16H16F3N3O2/c1-10-7-11(9-24-10)15(23)21-14-4-3-12(22-6-2-5-20-22)8-13(14)16(17,18)19/h2-6,8,10-11H,7,9H2,1H3,(H,21,23)/t10-,11+/m0/s1. The smallest absolute Gasteiger partial charge is 0.378 e. The van der Waals surface area contributed by atoms with Gasteiger partial charge in [-0.05, 0) is 37.6 Å². The minimum atomic E-state index is -4.59. The molecule has 2 atom stereocenters. The van der Waals surface area contributed by atoms with Gasteiger partial charge in [-0.25, -0.2) is 4.68 Å². The van der Waals surface area contributed by atoms with Crippen molar-refractivity contribution in [2.75, 3.05) is 11.9 Å². The van der Waals surface area contributed by atoms with Crippen molar-refractivity contribution in [3.63, 3.8) is 0 Å². The van der Waals surface area contributed by atoms with E-state index in [1.807, 2.05) is 6.92 Å². The summed E-state index contributed by atoms with van der Waals surface area (Å²) in [7, 11) is 0. The van der Waals surface area contributed by atoms with Gasteiger partial charge in [-0.1, -0.05) is 0 Å². The summed E-state index contributed by atoms with van der Waals surface area (Å²) < 4.78 is 46.7. The second-order valence-corrected chi connectivity index (χ2v) is 5.74. The lowest BCUT2D eigenvalue weighted by Crippen LogP contribution is -2.25. The fourth-order valence-corrected chi connectivity index (χ4v) is 2.67. The summed E-state index contributed by atoms with van der Waals surface area (Å²) in [6.07, 6.45) is -1.14. The molecule has 1 aromatic carbocycles. The maximum atomic E-state index is 13.4. The topological polar surface area (TPSA) is 56.2 Å². The van der Waals surface area contributed by atoms with E-state index >= 15 is 0 Å². The van der Waals surface area contributed by atoms with E-state index in [-0.39, 0.29) is 24.1 Å². The molecule has 1 amide bonds. The zero-order chi connectivity index (χ0) is 17.3. The molecule has 0 unspecified atom stereocenters. The molecule has 5 nitrogen and oxygen atoms in total. The molecule has 8 heteroatoms. The molecule has 0 bridgehead atoms. The second kappa shape index (κ2) is 6.27. The van der Waals surface area contributed by atoms with E-state index in [4.69, 9.17) is 4.74 Å². The first kappa shape index (κ1) is 16.5. The molecule has 3 rings (SSSR count). The molecular formula is C16H16F3N3O2. The Balaban J connectivity index is 1.88. The van der Waals surface area contributed by atoms with E-state index in [0.29, 0.717) is 6.42 Å². The van der Waals surface area contributed by atoms with Gasteiger partial charge >= 0.3 is 6.18 Å². The van der Waals surface area contributed by atoms with Gasteiger partial charge in [0.25, 0.3) is 0 Å². The number of anilines is 1. The van der Waals surface area contributed by atoms with Gasteiger partial charge < -0.3 is 10.1 Å². The third kappa shape index (κ3) is 3.43. The van der Waals surface area contributed by atoms with Crippen molar-refractivity contribution in [2.45, 2.75) is 25.6 Å². The van der Waals surface area contributed by atoms with Crippen molar-refractivity contribution in [1.29, 1.82) is 0 Å². The largest absolute Gasteiger partial charge is 0.418 e. The molecule has 2 heterocycles. The molecule has 2 aromatic rings. The lowest BCUT2D eigenvalue weighted by Gasteiger charge is -2.17. The predicted octanol–water partition coefficient (Wildman–Crippen LogP) is 3.25. The first-order valence-corrected chi connectivity index (χ1v) is 7.48. The lowest BCUT2D eigenvalue weighted by atomic mass is 10.0. The van der Waals surface area contributed by atoms with E-state index in [1.54, 1.807) is 12.3 Å². The zero-order valence-corrected chi connectivity index (χ0v) is 12.9. The van der Waals surface area contributed by atoms with Crippen molar-refractivity contribution < 1.29 is 22.7 Å². The van der Waals surface area contributed by atoms with Crippen LogP contribution in [0.1, 0.15) is 18.9 Å². The average Bonchev–Trinajstić information content (AvgIpc) is 3.18. The molecule has 24 heavy (non-hydrogen) atoms. The Morgan fingerprint density at radius 3 is 2.79 bits per heavy atom. The van der Waals surface area contributed by atoms with Crippen molar-refractivity contribution in [1.82, 2.24) is 9.78 Å². The highest BCUT2D eigenvalue weighted by Crippen LogP contribution is 2.36. The number of aromatic nitrogens is 2. The number of nitrogens with zero attached hydrogens (tertiary/aromatic N) is 2.